The van der Waals surface area contributed by atoms with E-state index in [9.17, 15) is 9.59 Å². The maximum Gasteiger partial charge on any atom is 0.324 e. The molecule has 0 aliphatic heterocycles. The van der Waals surface area contributed by atoms with Crippen molar-refractivity contribution in [2.75, 3.05) is 6.61 Å². The van der Waals surface area contributed by atoms with Crippen LogP contribution in [-0.2, 0) is 14.3 Å². The van der Waals surface area contributed by atoms with Crippen molar-refractivity contribution in [2.24, 2.45) is 0 Å². The van der Waals surface area contributed by atoms with Gasteiger partial charge in [-0.3, -0.25) is 4.79 Å². The van der Waals surface area contributed by atoms with Crippen LogP contribution < -0.4 is 0 Å². The summed E-state index contributed by atoms with van der Waals surface area (Å²) >= 11 is 5.56. The Kier molecular flexibility index (Phi) is 5.84. The van der Waals surface area contributed by atoms with E-state index in [-0.39, 0.29) is 0 Å². The molecule has 0 saturated carbocycles. The van der Waals surface area contributed by atoms with Gasteiger partial charge in [-0.25, -0.2) is 0 Å². The number of rotatable bonds is 5. The van der Waals surface area contributed by atoms with Crippen molar-refractivity contribution < 1.29 is 14.3 Å². The molecule has 3 nitrogen and oxygen atoms in total. The summed E-state index contributed by atoms with van der Waals surface area (Å²) in [5.74, 6) is -0.448. The fourth-order valence-corrected chi connectivity index (χ4v) is 0.754. The lowest BCUT2D eigenvalue weighted by molar-refractivity contribution is -0.142. The van der Waals surface area contributed by atoms with E-state index < -0.39 is 11.3 Å². The monoisotopic (exact) mass is 178 g/mol. The van der Waals surface area contributed by atoms with Crippen LogP contribution in [-0.4, -0.2) is 24.2 Å². The first kappa shape index (κ1) is 10.4. The lowest BCUT2D eigenvalue weighted by Crippen LogP contribution is -2.17. The minimum absolute atomic E-state index is 0.299. The molecule has 0 amide bonds. The van der Waals surface area contributed by atoms with Crippen molar-refractivity contribution in [3.63, 3.8) is 0 Å². The van der Waals surface area contributed by atoms with Crippen LogP contribution in [0.25, 0.3) is 0 Å². The number of ether oxygens (including phenoxy) is 1. The maximum absolute atomic E-state index is 10.8. The molecule has 64 valence electrons. The zero-order valence-corrected chi connectivity index (χ0v) is 7.13. The first-order valence-corrected chi connectivity index (χ1v) is 3.90. The molecule has 1 atom stereocenters. The van der Waals surface area contributed by atoms with E-state index in [0.29, 0.717) is 19.4 Å². The van der Waals surface area contributed by atoms with Gasteiger partial charge in [-0.15, -0.1) is 11.6 Å². The topological polar surface area (TPSA) is 43.4 Å². The van der Waals surface area contributed by atoms with Crippen LogP contribution in [0.2, 0.25) is 0 Å². The summed E-state index contributed by atoms with van der Waals surface area (Å²) in [6, 6.07) is 0. The van der Waals surface area contributed by atoms with Gasteiger partial charge in [0.05, 0.1) is 6.61 Å². The van der Waals surface area contributed by atoms with Crippen LogP contribution in [0.1, 0.15) is 19.8 Å². The highest BCUT2D eigenvalue weighted by molar-refractivity contribution is 6.29. The molecule has 0 radical (unpaired) electrons. The minimum atomic E-state index is -0.680. The number of hydrogen-bond acceptors (Lipinski definition) is 3. The lowest BCUT2D eigenvalue weighted by atomic mass is 10.2. The molecule has 0 saturated heterocycles. The van der Waals surface area contributed by atoms with Gasteiger partial charge in [-0.1, -0.05) is 0 Å². The Morgan fingerprint density at radius 3 is 2.82 bits per heavy atom. The first-order valence-electron chi connectivity index (χ1n) is 3.46. The molecule has 0 spiro atoms. The van der Waals surface area contributed by atoms with E-state index in [2.05, 4.69) is 4.74 Å². The van der Waals surface area contributed by atoms with Gasteiger partial charge in [0.2, 0.25) is 0 Å². The highest BCUT2D eigenvalue weighted by Gasteiger charge is 2.14. The first-order chi connectivity index (χ1) is 5.22. The molecule has 4 heteroatoms. The number of esters is 1. The number of alkyl halides is 1. The molecule has 0 aromatic carbocycles. The summed E-state index contributed by atoms with van der Waals surface area (Å²) in [6.07, 6.45) is 1.38. The Morgan fingerprint density at radius 1 is 1.73 bits per heavy atom. The van der Waals surface area contributed by atoms with Gasteiger partial charge in [-0.05, 0) is 13.3 Å². The highest BCUT2D eigenvalue weighted by atomic mass is 35.5. The third-order valence-electron chi connectivity index (χ3n) is 1.08. The van der Waals surface area contributed by atoms with Crippen LogP contribution in [0.5, 0.6) is 0 Å². The predicted molar refractivity (Wildman–Crippen MR) is 41.6 cm³/mol. The third-order valence-corrected chi connectivity index (χ3v) is 1.48. The van der Waals surface area contributed by atoms with Crippen LogP contribution in [0.4, 0.5) is 0 Å². The number of carbonyl (C=O) groups is 2. The summed E-state index contributed by atoms with van der Waals surface area (Å²) in [6.45, 7) is 2.03. The van der Waals surface area contributed by atoms with E-state index in [1.54, 1.807) is 6.92 Å². The van der Waals surface area contributed by atoms with Crippen LogP contribution in [0.15, 0.2) is 0 Å². The van der Waals surface area contributed by atoms with E-state index in [0.717, 1.165) is 6.29 Å². The summed E-state index contributed by atoms with van der Waals surface area (Å²) in [7, 11) is 0. The Balaban J connectivity index is 3.54. The number of hydrogen-bond donors (Lipinski definition) is 0. The second-order valence-electron chi connectivity index (χ2n) is 1.96. The largest absolute Gasteiger partial charge is 0.465 e. The normalized spacial score (nSPS) is 12.2. The van der Waals surface area contributed by atoms with Gasteiger partial charge in [0.25, 0.3) is 0 Å². The van der Waals surface area contributed by atoms with Gasteiger partial charge in [0, 0.05) is 6.42 Å². The second kappa shape index (κ2) is 6.16. The summed E-state index contributed by atoms with van der Waals surface area (Å²) in [5, 5.41) is -0.680. The minimum Gasteiger partial charge on any atom is -0.465 e. The quantitative estimate of drug-likeness (QED) is 0.360. The van der Waals surface area contributed by atoms with E-state index >= 15 is 0 Å². The summed E-state index contributed by atoms with van der Waals surface area (Å²) in [4.78, 5) is 20.7. The van der Waals surface area contributed by atoms with Crippen molar-refractivity contribution in [2.45, 2.75) is 25.1 Å². The molecule has 0 aliphatic rings. The molecule has 1 unspecified atom stereocenters. The maximum atomic E-state index is 10.8. The molecule has 0 aromatic heterocycles. The standard InChI is InChI=1S/C7H11ClO3/c1-2-11-7(10)6(8)4-3-5-9/h5-6H,2-4H2,1H3. The average Bonchev–Trinajstić information content (AvgIpc) is 2.00. The SMILES string of the molecule is CCOC(=O)C(Cl)CCC=O. The van der Waals surface area contributed by atoms with Gasteiger partial charge in [0.15, 0.2) is 0 Å². The van der Waals surface area contributed by atoms with Crippen LogP contribution in [0, 0.1) is 0 Å². The highest BCUT2D eigenvalue weighted by Crippen LogP contribution is 2.05. The molecular weight excluding hydrogens is 168 g/mol. The average molecular weight is 179 g/mol. The van der Waals surface area contributed by atoms with E-state index in [4.69, 9.17) is 11.6 Å². The van der Waals surface area contributed by atoms with E-state index in [1.807, 2.05) is 0 Å². The molecule has 0 bridgehead atoms. The predicted octanol–water partition coefficient (Wildman–Crippen LogP) is 1.14. The van der Waals surface area contributed by atoms with Crippen molar-refractivity contribution in [1.29, 1.82) is 0 Å². The molecule has 11 heavy (non-hydrogen) atoms. The van der Waals surface area contributed by atoms with Crippen LogP contribution >= 0.6 is 11.6 Å². The number of halogens is 1. The van der Waals surface area contributed by atoms with Crippen molar-refractivity contribution in [1.82, 2.24) is 0 Å². The third kappa shape index (κ3) is 4.79. The molecule has 0 rings (SSSR count). The smallest absolute Gasteiger partial charge is 0.324 e. The Morgan fingerprint density at radius 2 is 2.36 bits per heavy atom. The lowest BCUT2D eigenvalue weighted by Gasteiger charge is -2.05. The van der Waals surface area contributed by atoms with Gasteiger partial charge in [-0.2, -0.15) is 0 Å². The number of carbonyl (C=O) groups excluding carboxylic acids is 2. The van der Waals surface area contributed by atoms with Crippen molar-refractivity contribution in [3.8, 4) is 0 Å². The van der Waals surface area contributed by atoms with E-state index in [1.165, 1.54) is 0 Å². The van der Waals surface area contributed by atoms with Crippen molar-refractivity contribution >= 4 is 23.9 Å². The summed E-state index contributed by atoms with van der Waals surface area (Å²) < 4.78 is 4.61. The Hall–Kier alpha value is -0.570. The number of aldehydes is 1. The van der Waals surface area contributed by atoms with Crippen LogP contribution in [0.3, 0.4) is 0 Å². The molecule has 0 N–H and O–H groups in total. The molecule has 0 fully saturated rings. The second-order valence-corrected chi connectivity index (χ2v) is 2.49. The molecule has 0 aliphatic carbocycles. The Labute approximate surface area is 70.7 Å². The zero-order chi connectivity index (χ0) is 8.69. The molecule has 0 heterocycles. The van der Waals surface area contributed by atoms with Gasteiger partial charge in [0.1, 0.15) is 11.7 Å². The Bertz CT molecular complexity index is 136. The zero-order valence-electron chi connectivity index (χ0n) is 6.38. The molecule has 0 aromatic rings. The van der Waals surface area contributed by atoms with Gasteiger partial charge >= 0.3 is 5.97 Å². The van der Waals surface area contributed by atoms with Gasteiger partial charge < -0.3 is 9.53 Å². The molecular formula is C7H11ClO3. The van der Waals surface area contributed by atoms with Crippen molar-refractivity contribution in [3.05, 3.63) is 0 Å². The fraction of sp³-hybridized carbons (Fsp3) is 0.714. The summed E-state index contributed by atoms with van der Waals surface area (Å²) in [5.41, 5.74) is 0. The fourth-order valence-electron chi connectivity index (χ4n) is 0.565.